The van der Waals surface area contributed by atoms with Gasteiger partial charge in [-0.1, -0.05) is 36.4 Å². The molecule has 0 heterocycles. The summed E-state index contributed by atoms with van der Waals surface area (Å²) in [6, 6.07) is 21.0. The molecule has 0 aliphatic heterocycles. The first-order valence-electron chi connectivity index (χ1n) is 7.80. The third-order valence-electron chi connectivity index (χ3n) is 3.46. The number of rotatable bonds is 5. The number of amides is 1. The molecule has 0 atom stereocenters. The molecule has 126 valence electrons. The van der Waals surface area contributed by atoms with Crippen molar-refractivity contribution >= 4 is 40.1 Å². The Morgan fingerprint density at radius 1 is 0.960 bits per heavy atom. The molecule has 1 N–H and O–H groups in total. The highest BCUT2D eigenvalue weighted by Crippen LogP contribution is 2.24. The number of fused-ring (bicyclic) bond motifs is 1. The Bertz CT molecular complexity index is 923. The Hall–Kier alpha value is -2.79. The lowest BCUT2D eigenvalue weighted by atomic mass is 10.1. The molecule has 0 bridgehead atoms. The van der Waals surface area contributed by atoms with Gasteiger partial charge < -0.3 is 10.1 Å². The van der Waals surface area contributed by atoms with E-state index in [0.717, 1.165) is 10.3 Å². The summed E-state index contributed by atoms with van der Waals surface area (Å²) in [7, 11) is 0. The summed E-state index contributed by atoms with van der Waals surface area (Å²) in [4.78, 5) is 24.1. The van der Waals surface area contributed by atoms with Crippen LogP contribution in [0.5, 0.6) is 5.75 Å². The van der Waals surface area contributed by atoms with Crippen molar-refractivity contribution in [2.24, 2.45) is 0 Å². The largest absolute Gasteiger partial charge is 0.426 e. The van der Waals surface area contributed by atoms with Crippen LogP contribution < -0.4 is 10.1 Å². The van der Waals surface area contributed by atoms with Crippen LogP contribution in [0, 0.1) is 0 Å². The smallest absolute Gasteiger partial charge is 0.321 e. The van der Waals surface area contributed by atoms with E-state index < -0.39 is 0 Å². The number of carbonyl (C=O) groups excluding carboxylic acids is 2. The van der Waals surface area contributed by atoms with Crippen LogP contribution in [0.25, 0.3) is 10.8 Å². The minimum atomic E-state index is -0.335. The van der Waals surface area contributed by atoms with Crippen molar-refractivity contribution in [1.29, 1.82) is 0 Å². The average Bonchev–Trinajstić information content (AvgIpc) is 2.59. The summed E-state index contributed by atoms with van der Waals surface area (Å²) < 4.78 is 5.33. The van der Waals surface area contributed by atoms with Gasteiger partial charge in [0.1, 0.15) is 5.75 Å². The molecule has 0 radical (unpaired) electrons. The van der Waals surface area contributed by atoms with Gasteiger partial charge in [0.25, 0.3) is 0 Å². The molecule has 0 unspecified atom stereocenters. The molecule has 1 amide bonds. The highest BCUT2D eigenvalue weighted by Gasteiger charge is 2.07. The number of ether oxygens (including phenoxy) is 1. The summed E-state index contributed by atoms with van der Waals surface area (Å²) in [5, 5.41) is 4.97. The predicted octanol–water partition coefficient (Wildman–Crippen LogP) is 4.50. The van der Waals surface area contributed by atoms with Gasteiger partial charge in [-0.05, 0) is 35.0 Å². The van der Waals surface area contributed by atoms with Crippen molar-refractivity contribution in [3.05, 3.63) is 66.7 Å². The van der Waals surface area contributed by atoms with Gasteiger partial charge in [-0.2, -0.15) is 0 Å². The molecule has 0 saturated carbocycles. The van der Waals surface area contributed by atoms with Gasteiger partial charge in [0.05, 0.1) is 5.75 Å². The maximum Gasteiger partial charge on any atom is 0.321 e. The molecule has 3 rings (SSSR count). The van der Waals surface area contributed by atoms with E-state index in [-0.39, 0.29) is 17.6 Å². The molecule has 0 fully saturated rings. The molecule has 4 nitrogen and oxygen atoms in total. The summed E-state index contributed by atoms with van der Waals surface area (Å²) in [6.45, 7) is 1.43. The Morgan fingerprint density at radius 3 is 2.56 bits per heavy atom. The molecule has 25 heavy (non-hydrogen) atoms. The quantitative estimate of drug-likeness (QED) is 0.418. The first kappa shape index (κ1) is 17.0. The van der Waals surface area contributed by atoms with Gasteiger partial charge in [0.15, 0.2) is 0 Å². The summed E-state index contributed by atoms with van der Waals surface area (Å²) in [6.07, 6.45) is 0. The Morgan fingerprint density at radius 2 is 1.76 bits per heavy atom. The zero-order valence-corrected chi connectivity index (χ0v) is 14.5. The third-order valence-corrected chi connectivity index (χ3v) is 4.43. The van der Waals surface area contributed by atoms with Gasteiger partial charge in [0.2, 0.25) is 5.91 Å². The highest BCUT2D eigenvalue weighted by atomic mass is 32.2. The minimum absolute atomic E-state index is 0.171. The van der Waals surface area contributed by atoms with Crippen molar-refractivity contribution in [3.63, 3.8) is 0 Å². The van der Waals surface area contributed by atoms with Crippen LogP contribution in [0.1, 0.15) is 6.92 Å². The molecule has 3 aromatic rings. The first-order chi connectivity index (χ1) is 12.1. The average molecular weight is 351 g/mol. The molecule has 3 aromatic carbocycles. The predicted molar refractivity (Wildman–Crippen MR) is 101 cm³/mol. The van der Waals surface area contributed by atoms with E-state index in [9.17, 15) is 9.59 Å². The van der Waals surface area contributed by atoms with E-state index in [2.05, 4.69) is 17.4 Å². The fourth-order valence-corrected chi connectivity index (χ4v) is 3.12. The normalized spacial score (nSPS) is 10.4. The van der Waals surface area contributed by atoms with Gasteiger partial charge in [-0.25, -0.2) is 0 Å². The molecule has 5 heteroatoms. The summed E-state index contributed by atoms with van der Waals surface area (Å²) in [5.41, 5.74) is 0.597. The number of benzene rings is 3. The molecular formula is C20H17NO3S. The van der Waals surface area contributed by atoms with Crippen LogP contribution in [0.4, 0.5) is 5.69 Å². The number of thioether (sulfide) groups is 1. The Labute approximate surface area is 150 Å². The second kappa shape index (κ2) is 7.85. The van der Waals surface area contributed by atoms with Gasteiger partial charge in [0, 0.05) is 23.6 Å². The summed E-state index contributed by atoms with van der Waals surface area (Å²) >= 11 is 1.43. The monoisotopic (exact) mass is 351 g/mol. The number of esters is 1. The van der Waals surface area contributed by atoms with Crippen molar-refractivity contribution in [2.75, 3.05) is 11.1 Å². The van der Waals surface area contributed by atoms with Crippen LogP contribution in [0.2, 0.25) is 0 Å². The maximum absolute atomic E-state index is 12.1. The fourth-order valence-electron chi connectivity index (χ4n) is 2.40. The molecule has 0 spiro atoms. The highest BCUT2D eigenvalue weighted by molar-refractivity contribution is 8.00. The second-order valence-electron chi connectivity index (χ2n) is 5.48. The van der Waals surface area contributed by atoms with Gasteiger partial charge in [-0.3, -0.25) is 9.59 Å². The zero-order chi connectivity index (χ0) is 17.6. The van der Waals surface area contributed by atoms with Gasteiger partial charge >= 0.3 is 5.97 Å². The lowest BCUT2D eigenvalue weighted by molar-refractivity contribution is -0.131. The first-order valence-corrected chi connectivity index (χ1v) is 8.79. The van der Waals surface area contributed by atoms with Crippen LogP contribution in [-0.4, -0.2) is 17.6 Å². The van der Waals surface area contributed by atoms with Gasteiger partial charge in [-0.15, -0.1) is 11.8 Å². The van der Waals surface area contributed by atoms with Crippen molar-refractivity contribution in [2.45, 2.75) is 11.8 Å². The Kier molecular flexibility index (Phi) is 5.36. The molecular weight excluding hydrogens is 334 g/mol. The van der Waals surface area contributed by atoms with E-state index in [1.165, 1.54) is 24.1 Å². The van der Waals surface area contributed by atoms with Crippen LogP contribution in [-0.2, 0) is 9.59 Å². The lowest BCUT2D eigenvalue weighted by Gasteiger charge is -2.07. The van der Waals surface area contributed by atoms with E-state index >= 15 is 0 Å². The fraction of sp³-hybridized carbons (Fsp3) is 0.100. The van der Waals surface area contributed by atoms with Crippen LogP contribution in [0.3, 0.4) is 0 Å². The number of carbonyl (C=O) groups is 2. The van der Waals surface area contributed by atoms with E-state index in [0.29, 0.717) is 11.4 Å². The maximum atomic E-state index is 12.1. The van der Waals surface area contributed by atoms with E-state index in [4.69, 9.17) is 4.74 Å². The number of nitrogens with one attached hydrogen (secondary N) is 1. The van der Waals surface area contributed by atoms with Crippen molar-refractivity contribution in [1.82, 2.24) is 0 Å². The van der Waals surface area contributed by atoms with Crippen molar-refractivity contribution in [3.8, 4) is 5.75 Å². The number of hydrogen-bond acceptors (Lipinski definition) is 4. The third kappa shape index (κ3) is 4.84. The topological polar surface area (TPSA) is 55.4 Å². The SMILES string of the molecule is CC(=O)Nc1cccc(OC(=O)CSc2ccc3ccccc3c2)c1. The summed E-state index contributed by atoms with van der Waals surface area (Å²) in [5.74, 6) is 0.117. The van der Waals surface area contributed by atoms with Crippen LogP contribution in [0.15, 0.2) is 71.6 Å². The molecule has 0 aliphatic rings. The molecule has 0 saturated heterocycles. The van der Waals surface area contributed by atoms with Crippen LogP contribution >= 0.6 is 11.8 Å². The number of anilines is 1. The minimum Gasteiger partial charge on any atom is -0.426 e. The molecule has 0 aliphatic carbocycles. The standard InChI is InChI=1S/C20H17NO3S/c1-14(22)21-17-7-4-8-18(12-17)24-20(23)13-25-19-10-9-15-5-2-3-6-16(15)11-19/h2-12H,13H2,1H3,(H,21,22). The molecule has 0 aromatic heterocycles. The zero-order valence-electron chi connectivity index (χ0n) is 13.7. The number of hydrogen-bond donors (Lipinski definition) is 1. The van der Waals surface area contributed by atoms with Crippen molar-refractivity contribution < 1.29 is 14.3 Å². The Balaban J connectivity index is 1.59. The van der Waals surface area contributed by atoms with E-state index in [1.807, 2.05) is 30.3 Å². The van der Waals surface area contributed by atoms with E-state index in [1.54, 1.807) is 24.3 Å². The second-order valence-corrected chi connectivity index (χ2v) is 6.53. The lowest BCUT2D eigenvalue weighted by Crippen LogP contribution is -2.11.